The van der Waals surface area contributed by atoms with Crippen LogP contribution in [0.15, 0.2) is 23.1 Å². The molecule has 0 radical (unpaired) electrons. The monoisotopic (exact) mass is 211 g/mol. The minimum absolute atomic E-state index is 0.652. The first-order valence-corrected chi connectivity index (χ1v) is 5.58. The summed E-state index contributed by atoms with van der Waals surface area (Å²) in [6.07, 6.45) is 0. The van der Waals surface area contributed by atoms with Crippen molar-refractivity contribution in [2.45, 2.75) is 31.3 Å². The van der Waals surface area contributed by atoms with E-state index in [4.69, 9.17) is 5.73 Å². The highest BCUT2D eigenvalue weighted by Gasteiger charge is 2.13. The molecule has 0 fully saturated rings. The van der Waals surface area contributed by atoms with E-state index in [0.717, 1.165) is 10.6 Å². The van der Waals surface area contributed by atoms with Crippen LogP contribution in [0.25, 0.3) is 0 Å². The largest absolute Gasteiger partial charge is 0.398 e. The summed E-state index contributed by atoms with van der Waals surface area (Å²) in [6.45, 7) is 5.63. The highest BCUT2D eigenvalue weighted by atomic mass is 32.2. The molecule has 0 aliphatic carbocycles. The Labute approximate surface area is 89.5 Å². The lowest BCUT2D eigenvalue weighted by Crippen LogP contribution is -2.21. The average molecular weight is 211 g/mol. The van der Waals surface area contributed by atoms with E-state index in [1.54, 1.807) is 25.6 Å². The summed E-state index contributed by atoms with van der Waals surface area (Å²) in [5.41, 5.74) is 7.14. The third-order valence-corrected chi connectivity index (χ3v) is 3.27. The molecular weight excluding hydrogens is 194 g/mol. The van der Waals surface area contributed by atoms with Gasteiger partial charge in [0.15, 0.2) is 0 Å². The van der Waals surface area contributed by atoms with Crippen LogP contribution in [-0.4, -0.2) is 16.5 Å². The summed E-state index contributed by atoms with van der Waals surface area (Å²) in [5.74, 6) is 0.653. The number of nitrogens with two attached hydrogens (primary N) is 1. The smallest absolute Gasteiger partial charge is 0.0685 e. The van der Waals surface area contributed by atoms with Gasteiger partial charge in [0.25, 0.3) is 0 Å². The fourth-order valence-electron chi connectivity index (χ4n) is 1.02. The lowest BCUT2D eigenvalue weighted by molar-refractivity contribution is 0.107. The van der Waals surface area contributed by atoms with Crippen LogP contribution in [-0.2, 0) is 0 Å². The Hall–Kier alpha value is -0.670. The lowest BCUT2D eigenvalue weighted by Gasteiger charge is -2.17. The fourth-order valence-corrected chi connectivity index (χ4v) is 2.03. The van der Waals surface area contributed by atoms with Gasteiger partial charge in [-0.3, -0.25) is 0 Å². The number of aliphatic hydroxyl groups is 1. The van der Waals surface area contributed by atoms with Gasteiger partial charge in [-0.05, 0) is 38.5 Å². The summed E-state index contributed by atoms with van der Waals surface area (Å²) in [7, 11) is 0. The predicted octanol–water partition coefficient (Wildman–Crippen LogP) is 2.44. The first-order chi connectivity index (χ1) is 6.38. The minimum atomic E-state index is -0.652. The van der Waals surface area contributed by atoms with E-state index < -0.39 is 5.60 Å². The van der Waals surface area contributed by atoms with Gasteiger partial charge in [0, 0.05) is 16.3 Å². The van der Waals surface area contributed by atoms with Crippen molar-refractivity contribution in [2.24, 2.45) is 0 Å². The van der Waals surface area contributed by atoms with Crippen LogP contribution in [0.1, 0.15) is 19.4 Å². The lowest BCUT2D eigenvalue weighted by atomic mass is 10.2. The maximum Gasteiger partial charge on any atom is 0.0685 e. The first-order valence-electron chi connectivity index (χ1n) is 4.60. The third kappa shape index (κ3) is 3.60. The molecule has 0 amide bonds. The van der Waals surface area contributed by atoms with Crippen molar-refractivity contribution in [3.63, 3.8) is 0 Å². The SMILES string of the molecule is Cc1ccc(N)c(SCC(C)(C)O)c1. The van der Waals surface area contributed by atoms with Gasteiger partial charge in [0.2, 0.25) is 0 Å². The molecule has 0 aliphatic heterocycles. The van der Waals surface area contributed by atoms with Crippen molar-refractivity contribution in [1.29, 1.82) is 0 Å². The molecule has 0 spiro atoms. The van der Waals surface area contributed by atoms with Crippen LogP contribution >= 0.6 is 11.8 Å². The van der Waals surface area contributed by atoms with Crippen LogP contribution < -0.4 is 5.73 Å². The summed E-state index contributed by atoms with van der Waals surface area (Å²) in [4.78, 5) is 1.05. The zero-order valence-electron chi connectivity index (χ0n) is 8.87. The van der Waals surface area contributed by atoms with E-state index in [1.807, 2.05) is 25.1 Å². The molecule has 0 heterocycles. The molecule has 0 aliphatic rings. The summed E-state index contributed by atoms with van der Waals surface area (Å²) < 4.78 is 0. The number of hydrogen-bond acceptors (Lipinski definition) is 3. The molecule has 0 atom stereocenters. The minimum Gasteiger partial charge on any atom is -0.398 e. The van der Waals surface area contributed by atoms with Crippen LogP contribution in [0, 0.1) is 6.92 Å². The maximum absolute atomic E-state index is 9.58. The number of rotatable bonds is 3. The Morgan fingerprint density at radius 3 is 2.64 bits per heavy atom. The van der Waals surface area contributed by atoms with Crippen molar-refractivity contribution >= 4 is 17.4 Å². The van der Waals surface area contributed by atoms with Crippen molar-refractivity contribution in [1.82, 2.24) is 0 Å². The standard InChI is InChI=1S/C11H17NOS/c1-8-4-5-9(12)10(6-8)14-7-11(2,3)13/h4-6,13H,7,12H2,1-3H3. The Bertz CT molecular complexity index is 318. The van der Waals surface area contributed by atoms with Crippen molar-refractivity contribution in [3.05, 3.63) is 23.8 Å². The molecule has 3 N–H and O–H groups in total. The average Bonchev–Trinajstić information content (AvgIpc) is 2.05. The Morgan fingerprint density at radius 2 is 2.07 bits per heavy atom. The highest BCUT2D eigenvalue weighted by molar-refractivity contribution is 7.99. The Morgan fingerprint density at radius 1 is 1.43 bits per heavy atom. The number of benzene rings is 1. The molecular formula is C11H17NOS. The molecule has 2 nitrogen and oxygen atoms in total. The predicted molar refractivity (Wildman–Crippen MR) is 62.6 cm³/mol. The summed E-state index contributed by atoms with van der Waals surface area (Å²) in [6, 6.07) is 5.94. The van der Waals surface area contributed by atoms with Crippen LogP contribution in [0.2, 0.25) is 0 Å². The number of aryl methyl sites for hydroxylation is 1. The normalized spacial score (nSPS) is 11.7. The van der Waals surface area contributed by atoms with E-state index in [0.29, 0.717) is 5.75 Å². The molecule has 3 heteroatoms. The van der Waals surface area contributed by atoms with E-state index in [9.17, 15) is 5.11 Å². The zero-order chi connectivity index (χ0) is 10.8. The molecule has 1 rings (SSSR count). The molecule has 0 unspecified atom stereocenters. The summed E-state index contributed by atoms with van der Waals surface area (Å²) in [5, 5.41) is 9.58. The molecule has 0 aromatic heterocycles. The number of nitrogen functional groups attached to an aromatic ring is 1. The highest BCUT2D eigenvalue weighted by Crippen LogP contribution is 2.28. The van der Waals surface area contributed by atoms with E-state index >= 15 is 0 Å². The van der Waals surface area contributed by atoms with Crippen molar-refractivity contribution < 1.29 is 5.11 Å². The molecule has 0 saturated heterocycles. The second-order valence-electron chi connectivity index (χ2n) is 4.14. The zero-order valence-corrected chi connectivity index (χ0v) is 9.69. The van der Waals surface area contributed by atoms with Gasteiger partial charge in [-0.25, -0.2) is 0 Å². The van der Waals surface area contributed by atoms with Crippen molar-refractivity contribution in [2.75, 3.05) is 11.5 Å². The first kappa shape index (κ1) is 11.4. The Kier molecular flexibility index (Phi) is 3.45. The molecule has 1 aromatic carbocycles. The third-order valence-electron chi connectivity index (χ3n) is 1.75. The van der Waals surface area contributed by atoms with Gasteiger partial charge in [-0.2, -0.15) is 0 Å². The van der Waals surface area contributed by atoms with Gasteiger partial charge in [0.1, 0.15) is 0 Å². The van der Waals surface area contributed by atoms with Gasteiger partial charge in [-0.15, -0.1) is 11.8 Å². The fraction of sp³-hybridized carbons (Fsp3) is 0.455. The van der Waals surface area contributed by atoms with Crippen LogP contribution in [0.5, 0.6) is 0 Å². The summed E-state index contributed by atoms with van der Waals surface area (Å²) >= 11 is 1.59. The van der Waals surface area contributed by atoms with Crippen LogP contribution in [0.4, 0.5) is 5.69 Å². The van der Waals surface area contributed by atoms with E-state index in [-0.39, 0.29) is 0 Å². The van der Waals surface area contributed by atoms with Gasteiger partial charge in [-0.1, -0.05) is 6.07 Å². The van der Waals surface area contributed by atoms with Crippen LogP contribution in [0.3, 0.4) is 0 Å². The number of anilines is 1. The number of thioether (sulfide) groups is 1. The molecule has 0 saturated carbocycles. The maximum atomic E-state index is 9.58. The molecule has 1 aromatic rings. The topological polar surface area (TPSA) is 46.2 Å². The van der Waals surface area contributed by atoms with Crippen molar-refractivity contribution in [3.8, 4) is 0 Å². The van der Waals surface area contributed by atoms with E-state index in [2.05, 4.69) is 0 Å². The second-order valence-corrected chi connectivity index (χ2v) is 5.16. The van der Waals surface area contributed by atoms with E-state index in [1.165, 1.54) is 5.56 Å². The van der Waals surface area contributed by atoms with Gasteiger partial charge >= 0.3 is 0 Å². The van der Waals surface area contributed by atoms with Gasteiger partial charge < -0.3 is 10.8 Å². The molecule has 78 valence electrons. The molecule has 14 heavy (non-hydrogen) atoms. The quantitative estimate of drug-likeness (QED) is 0.596. The number of hydrogen-bond donors (Lipinski definition) is 2. The Balaban J connectivity index is 2.72. The second kappa shape index (κ2) is 4.24. The molecule has 0 bridgehead atoms. The van der Waals surface area contributed by atoms with Gasteiger partial charge in [0.05, 0.1) is 5.60 Å².